The van der Waals surface area contributed by atoms with Crippen LogP contribution in [0.5, 0.6) is 0 Å². The van der Waals surface area contributed by atoms with Crippen LogP contribution >= 0.6 is 0 Å². The molecule has 6 nitrogen and oxygen atoms in total. The Kier molecular flexibility index (Phi) is 4.92. The lowest BCUT2D eigenvalue weighted by Crippen LogP contribution is -2.43. The third kappa shape index (κ3) is 3.15. The van der Waals surface area contributed by atoms with Gasteiger partial charge in [0, 0.05) is 44.8 Å². The summed E-state index contributed by atoms with van der Waals surface area (Å²) in [5.41, 5.74) is 2.58. The molecule has 0 saturated carbocycles. The Hall–Kier alpha value is -2.52. The number of fused-ring (bicyclic) bond motifs is 1. The molecule has 0 aromatic carbocycles. The van der Waals surface area contributed by atoms with E-state index in [-0.39, 0.29) is 29.2 Å². The number of aromatic nitrogens is 1. The van der Waals surface area contributed by atoms with Crippen molar-refractivity contribution in [1.82, 2.24) is 9.88 Å². The first-order chi connectivity index (χ1) is 12.4. The molecule has 1 aliphatic carbocycles. The fourth-order valence-corrected chi connectivity index (χ4v) is 3.56. The van der Waals surface area contributed by atoms with Gasteiger partial charge in [-0.05, 0) is 31.4 Å². The molecule has 136 valence electrons. The first kappa shape index (κ1) is 18.3. The molecule has 0 spiro atoms. The van der Waals surface area contributed by atoms with Gasteiger partial charge < -0.3 is 9.64 Å². The number of ketones is 2. The van der Waals surface area contributed by atoms with Gasteiger partial charge in [-0.25, -0.2) is 0 Å². The van der Waals surface area contributed by atoms with E-state index in [0.717, 1.165) is 24.0 Å². The predicted molar refractivity (Wildman–Crippen MR) is 96.3 cm³/mol. The van der Waals surface area contributed by atoms with Crippen molar-refractivity contribution in [2.75, 3.05) is 20.2 Å². The zero-order chi connectivity index (χ0) is 18.9. The van der Waals surface area contributed by atoms with E-state index in [1.165, 1.54) is 0 Å². The molecule has 1 aromatic rings. The summed E-state index contributed by atoms with van der Waals surface area (Å²) in [4.78, 5) is 30.9. The highest BCUT2D eigenvalue weighted by atomic mass is 16.5. The van der Waals surface area contributed by atoms with Gasteiger partial charge in [-0.2, -0.15) is 5.26 Å². The fourth-order valence-electron chi connectivity index (χ4n) is 3.56. The molecule has 0 amide bonds. The molecule has 0 unspecified atom stereocenters. The van der Waals surface area contributed by atoms with Crippen LogP contribution in [0.2, 0.25) is 0 Å². The average molecular weight is 353 g/mol. The largest absolute Gasteiger partial charge is 0.378 e. The molecule has 3 rings (SSSR count). The number of piperidine rings is 1. The first-order valence-corrected chi connectivity index (χ1v) is 8.92. The van der Waals surface area contributed by atoms with Gasteiger partial charge in [-0.1, -0.05) is 6.92 Å². The number of hydrogen-bond acceptors (Lipinski definition) is 6. The number of rotatable bonds is 4. The van der Waals surface area contributed by atoms with Crippen molar-refractivity contribution in [1.29, 1.82) is 5.26 Å². The second-order valence-corrected chi connectivity index (χ2v) is 7.08. The molecule has 1 fully saturated rings. The lowest BCUT2D eigenvalue weighted by Gasteiger charge is -2.41. The minimum absolute atomic E-state index is 0.0480. The predicted octanol–water partition coefficient (Wildman–Crippen LogP) is 2.54. The topological polar surface area (TPSA) is 83.3 Å². The van der Waals surface area contributed by atoms with Gasteiger partial charge in [0.2, 0.25) is 0 Å². The number of ether oxygens (including phenoxy) is 1. The number of Topliss-reactive ketones (excluding diaryl/α,β-unsaturated/α-hetero) is 2. The van der Waals surface area contributed by atoms with E-state index in [1.807, 2.05) is 0 Å². The van der Waals surface area contributed by atoms with E-state index in [1.54, 1.807) is 26.3 Å². The van der Waals surface area contributed by atoms with Crippen LogP contribution in [0, 0.1) is 11.3 Å². The lowest BCUT2D eigenvalue weighted by atomic mass is 9.86. The third-order valence-corrected chi connectivity index (χ3v) is 5.46. The Morgan fingerprint density at radius 3 is 2.69 bits per heavy atom. The number of nitrogens with zero attached hydrogens (tertiary/aromatic N) is 3. The van der Waals surface area contributed by atoms with E-state index in [0.29, 0.717) is 30.9 Å². The molecular weight excluding hydrogens is 330 g/mol. The summed E-state index contributed by atoms with van der Waals surface area (Å²) < 4.78 is 5.59. The van der Waals surface area contributed by atoms with E-state index >= 15 is 0 Å². The van der Waals surface area contributed by atoms with Gasteiger partial charge in [0.1, 0.15) is 17.3 Å². The number of likely N-dealkylation sites (tertiary alicyclic amines) is 1. The minimum Gasteiger partial charge on any atom is -0.378 e. The molecular formula is C20H23N3O3. The van der Waals surface area contributed by atoms with Crippen LogP contribution in [-0.4, -0.2) is 47.3 Å². The minimum atomic E-state index is -0.188. The van der Waals surface area contributed by atoms with Crippen molar-refractivity contribution in [2.45, 2.75) is 45.1 Å². The summed E-state index contributed by atoms with van der Waals surface area (Å²) in [5.74, 6) is -0.236. The normalized spacial score (nSPS) is 19.2. The molecule has 2 heterocycles. The van der Waals surface area contributed by atoms with Crippen LogP contribution in [-0.2, 0) is 16.0 Å². The van der Waals surface area contributed by atoms with Crippen molar-refractivity contribution in [3.8, 4) is 6.07 Å². The lowest BCUT2D eigenvalue weighted by molar-refractivity contribution is -0.114. The van der Waals surface area contributed by atoms with Crippen LogP contribution in [0.15, 0.2) is 17.8 Å². The SMILES string of the molecule is CCC(=O)c1cc2c(cn1)CC(=O)C(C#N)=C2N1CCC(C)(OC)CC1. The van der Waals surface area contributed by atoms with Crippen LogP contribution < -0.4 is 0 Å². The molecule has 1 aromatic heterocycles. The standard InChI is InChI=1S/C20H23N3O3/c1-4-17(24)16-10-14-13(12-22-16)9-18(25)15(11-21)19(14)23-7-5-20(2,26-3)6-8-23/h10,12H,4-9H2,1-3H3. The molecule has 0 radical (unpaired) electrons. The Labute approximate surface area is 153 Å². The number of hydrogen-bond donors (Lipinski definition) is 0. The molecule has 1 aliphatic heterocycles. The van der Waals surface area contributed by atoms with E-state index in [9.17, 15) is 14.9 Å². The summed E-state index contributed by atoms with van der Waals surface area (Å²) in [6.45, 7) is 5.25. The number of nitriles is 1. The monoisotopic (exact) mass is 353 g/mol. The first-order valence-electron chi connectivity index (χ1n) is 8.92. The summed E-state index contributed by atoms with van der Waals surface area (Å²) >= 11 is 0. The molecule has 26 heavy (non-hydrogen) atoms. The number of pyridine rings is 1. The number of allylic oxidation sites excluding steroid dienone is 1. The van der Waals surface area contributed by atoms with Gasteiger partial charge in [0.05, 0.1) is 11.3 Å². The summed E-state index contributed by atoms with van der Waals surface area (Å²) in [6.07, 6.45) is 3.74. The molecule has 0 atom stereocenters. The quantitative estimate of drug-likeness (QED) is 0.774. The molecule has 1 saturated heterocycles. The number of methoxy groups -OCH3 is 1. The summed E-state index contributed by atoms with van der Waals surface area (Å²) in [7, 11) is 1.71. The maximum atomic E-state index is 12.5. The van der Waals surface area contributed by atoms with E-state index in [2.05, 4.69) is 22.9 Å². The van der Waals surface area contributed by atoms with Crippen LogP contribution in [0.3, 0.4) is 0 Å². The van der Waals surface area contributed by atoms with Crippen LogP contribution in [0.1, 0.15) is 54.7 Å². The fraction of sp³-hybridized carbons (Fsp3) is 0.500. The van der Waals surface area contributed by atoms with Gasteiger partial charge in [0.25, 0.3) is 0 Å². The zero-order valence-corrected chi connectivity index (χ0v) is 15.5. The maximum absolute atomic E-state index is 12.5. The highest BCUT2D eigenvalue weighted by molar-refractivity contribution is 6.10. The van der Waals surface area contributed by atoms with Crippen molar-refractivity contribution in [3.63, 3.8) is 0 Å². The van der Waals surface area contributed by atoms with Gasteiger partial charge >= 0.3 is 0 Å². The molecule has 0 N–H and O–H groups in total. The number of carbonyl (C=O) groups is 2. The second kappa shape index (κ2) is 7.00. The van der Waals surface area contributed by atoms with Crippen molar-refractivity contribution in [2.24, 2.45) is 0 Å². The average Bonchev–Trinajstić information content (AvgIpc) is 2.66. The second-order valence-electron chi connectivity index (χ2n) is 7.08. The van der Waals surface area contributed by atoms with Gasteiger partial charge in [0.15, 0.2) is 11.6 Å². The van der Waals surface area contributed by atoms with E-state index in [4.69, 9.17) is 4.74 Å². The number of carbonyl (C=O) groups excluding carboxylic acids is 2. The maximum Gasteiger partial charge on any atom is 0.180 e. The van der Waals surface area contributed by atoms with Gasteiger partial charge in [-0.3, -0.25) is 14.6 Å². The molecule has 2 aliphatic rings. The Balaban J connectivity index is 2.06. The molecule has 6 heteroatoms. The third-order valence-electron chi connectivity index (χ3n) is 5.46. The van der Waals surface area contributed by atoms with Crippen LogP contribution in [0.4, 0.5) is 0 Å². The van der Waals surface area contributed by atoms with Crippen molar-refractivity contribution >= 4 is 17.3 Å². The Bertz CT molecular complexity index is 827. The van der Waals surface area contributed by atoms with Crippen molar-refractivity contribution < 1.29 is 14.3 Å². The summed E-state index contributed by atoms with van der Waals surface area (Å²) in [5, 5.41) is 9.60. The highest BCUT2D eigenvalue weighted by Crippen LogP contribution is 2.36. The smallest absolute Gasteiger partial charge is 0.180 e. The summed E-state index contributed by atoms with van der Waals surface area (Å²) in [6, 6.07) is 3.83. The zero-order valence-electron chi connectivity index (χ0n) is 15.5. The molecule has 0 bridgehead atoms. The van der Waals surface area contributed by atoms with E-state index < -0.39 is 0 Å². The Morgan fingerprint density at radius 1 is 1.42 bits per heavy atom. The highest BCUT2D eigenvalue weighted by Gasteiger charge is 2.35. The Morgan fingerprint density at radius 2 is 2.12 bits per heavy atom. The van der Waals surface area contributed by atoms with Crippen molar-refractivity contribution in [3.05, 3.63) is 34.7 Å². The van der Waals surface area contributed by atoms with Gasteiger partial charge in [-0.15, -0.1) is 0 Å². The van der Waals surface area contributed by atoms with Crippen LogP contribution in [0.25, 0.3) is 5.70 Å².